The molecule has 5 rings (SSSR count). The standard InChI is InChI=1S/C32H28N2O/c1-25-13-15-29(16-14-25)34(28-11-7-4-8-12-28)30-19-23-32(24-20-30)35-31-21-17-27(18-22-31)33(2)26-9-5-3-6-10-26/h3-24H,1-2H3. The number of benzene rings is 5. The van der Waals surface area contributed by atoms with Crippen molar-refractivity contribution in [2.75, 3.05) is 16.8 Å². The van der Waals surface area contributed by atoms with Crippen LogP contribution in [-0.4, -0.2) is 7.05 Å². The number of hydrogen-bond acceptors (Lipinski definition) is 3. The number of aryl methyl sites for hydroxylation is 1. The van der Waals surface area contributed by atoms with Gasteiger partial charge in [-0.05, 0) is 91.9 Å². The molecule has 0 bridgehead atoms. The van der Waals surface area contributed by atoms with Gasteiger partial charge in [0.25, 0.3) is 0 Å². The molecule has 0 aromatic heterocycles. The molecule has 0 saturated heterocycles. The van der Waals surface area contributed by atoms with E-state index in [9.17, 15) is 0 Å². The molecule has 0 atom stereocenters. The Morgan fingerprint density at radius 1 is 0.429 bits per heavy atom. The molecule has 0 spiro atoms. The fourth-order valence-electron chi connectivity index (χ4n) is 4.06. The minimum atomic E-state index is 0.801. The molecule has 0 fully saturated rings. The highest BCUT2D eigenvalue weighted by molar-refractivity contribution is 5.76. The number of nitrogens with zero attached hydrogens (tertiary/aromatic N) is 2. The van der Waals surface area contributed by atoms with E-state index in [1.807, 2.05) is 48.5 Å². The summed E-state index contributed by atoms with van der Waals surface area (Å²) in [5.74, 6) is 1.61. The van der Waals surface area contributed by atoms with Crippen LogP contribution in [0.25, 0.3) is 0 Å². The van der Waals surface area contributed by atoms with Crippen LogP contribution in [0.4, 0.5) is 28.4 Å². The lowest BCUT2D eigenvalue weighted by Gasteiger charge is -2.25. The quantitative estimate of drug-likeness (QED) is 0.243. The average molecular weight is 457 g/mol. The molecule has 3 heteroatoms. The molecule has 3 nitrogen and oxygen atoms in total. The number of anilines is 5. The Morgan fingerprint density at radius 2 is 0.800 bits per heavy atom. The normalized spacial score (nSPS) is 10.6. The monoisotopic (exact) mass is 456 g/mol. The third kappa shape index (κ3) is 5.20. The molecule has 0 saturated carbocycles. The SMILES string of the molecule is Cc1ccc(N(c2ccccc2)c2ccc(Oc3ccc(N(C)c4ccccc4)cc3)cc2)cc1. The zero-order valence-corrected chi connectivity index (χ0v) is 20.0. The zero-order chi connectivity index (χ0) is 24.0. The molecule has 5 aromatic carbocycles. The lowest BCUT2D eigenvalue weighted by Crippen LogP contribution is -2.09. The van der Waals surface area contributed by atoms with Crippen LogP contribution in [0, 0.1) is 6.92 Å². The van der Waals surface area contributed by atoms with E-state index in [-0.39, 0.29) is 0 Å². The number of hydrogen-bond donors (Lipinski definition) is 0. The lowest BCUT2D eigenvalue weighted by molar-refractivity contribution is 0.483. The van der Waals surface area contributed by atoms with Crippen LogP contribution in [0.15, 0.2) is 133 Å². The molecule has 0 unspecified atom stereocenters. The maximum atomic E-state index is 6.14. The third-order valence-electron chi connectivity index (χ3n) is 6.00. The molecule has 0 radical (unpaired) electrons. The van der Waals surface area contributed by atoms with Gasteiger partial charge >= 0.3 is 0 Å². The lowest BCUT2D eigenvalue weighted by atomic mass is 10.1. The van der Waals surface area contributed by atoms with Crippen molar-refractivity contribution in [3.8, 4) is 11.5 Å². The zero-order valence-electron chi connectivity index (χ0n) is 20.0. The molecule has 0 aliphatic carbocycles. The van der Waals surface area contributed by atoms with Crippen molar-refractivity contribution < 1.29 is 4.74 Å². The molecular formula is C32H28N2O. The summed E-state index contributed by atoms with van der Waals surface area (Å²) in [6.07, 6.45) is 0. The van der Waals surface area contributed by atoms with Gasteiger partial charge in [0, 0.05) is 35.5 Å². The fraction of sp³-hybridized carbons (Fsp3) is 0.0625. The highest BCUT2D eigenvalue weighted by Crippen LogP contribution is 2.36. The number of ether oxygens (including phenoxy) is 1. The molecule has 0 aliphatic rings. The fourth-order valence-corrected chi connectivity index (χ4v) is 4.06. The van der Waals surface area contributed by atoms with E-state index in [2.05, 4.69) is 109 Å². The Kier molecular flexibility index (Phi) is 6.49. The van der Waals surface area contributed by atoms with Gasteiger partial charge in [0.2, 0.25) is 0 Å². The van der Waals surface area contributed by atoms with Gasteiger partial charge in [0.15, 0.2) is 0 Å². The van der Waals surface area contributed by atoms with Crippen molar-refractivity contribution >= 4 is 28.4 Å². The first kappa shape index (κ1) is 22.3. The van der Waals surface area contributed by atoms with Crippen LogP contribution in [0.2, 0.25) is 0 Å². The molecular weight excluding hydrogens is 428 g/mol. The van der Waals surface area contributed by atoms with E-state index in [0.29, 0.717) is 0 Å². The Labute approximate surface area is 207 Å². The molecule has 35 heavy (non-hydrogen) atoms. The van der Waals surface area contributed by atoms with Crippen molar-refractivity contribution in [3.05, 3.63) is 139 Å². The Hall–Kier alpha value is -4.50. The second-order valence-corrected chi connectivity index (χ2v) is 8.49. The summed E-state index contributed by atoms with van der Waals surface area (Å²) in [6, 6.07) is 45.7. The van der Waals surface area contributed by atoms with Crippen LogP contribution in [0.1, 0.15) is 5.56 Å². The highest BCUT2D eigenvalue weighted by Gasteiger charge is 2.12. The summed E-state index contributed by atoms with van der Waals surface area (Å²) in [4.78, 5) is 4.40. The van der Waals surface area contributed by atoms with E-state index in [4.69, 9.17) is 4.74 Å². The summed E-state index contributed by atoms with van der Waals surface area (Å²) in [7, 11) is 2.07. The van der Waals surface area contributed by atoms with Crippen LogP contribution >= 0.6 is 0 Å². The Bertz CT molecular complexity index is 1350. The van der Waals surface area contributed by atoms with E-state index >= 15 is 0 Å². The van der Waals surface area contributed by atoms with Gasteiger partial charge in [0.1, 0.15) is 11.5 Å². The maximum Gasteiger partial charge on any atom is 0.127 e. The molecule has 0 aliphatic heterocycles. The van der Waals surface area contributed by atoms with Gasteiger partial charge in [-0.25, -0.2) is 0 Å². The van der Waals surface area contributed by atoms with Gasteiger partial charge < -0.3 is 14.5 Å². The van der Waals surface area contributed by atoms with Gasteiger partial charge in [-0.15, -0.1) is 0 Å². The minimum Gasteiger partial charge on any atom is -0.457 e. The average Bonchev–Trinajstić information content (AvgIpc) is 2.92. The van der Waals surface area contributed by atoms with Crippen LogP contribution in [0.5, 0.6) is 11.5 Å². The number of rotatable bonds is 7. The maximum absolute atomic E-state index is 6.14. The Morgan fingerprint density at radius 3 is 1.31 bits per heavy atom. The van der Waals surface area contributed by atoms with Crippen molar-refractivity contribution in [2.45, 2.75) is 6.92 Å². The number of para-hydroxylation sites is 2. The predicted molar refractivity (Wildman–Crippen MR) is 147 cm³/mol. The second-order valence-electron chi connectivity index (χ2n) is 8.49. The molecule has 0 amide bonds. The van der Waals surface area contributed by atoms with Gasteiger partial charge in [0.05, 0.1) is 0 Å². The van der Waals surface area contributed by atoms with Crippen molar-refractivity contribution in [3.63, 3.8) is 0 Å². The van der Waals surface area contributed by atoms with Gasteiger partial charge in [-0.3, -0.25) is 0 Å². The molecule has 5 aromatic rings. The van der Waals surface area contributed by atoms with Crippen LogP contribution in [0.3, 0.4) is 0 Å². The van der Waals surface area contributed by atoms with Crippen LogP contribution < -0.4 is 14.5 Å². The summed E-state index contributed by atoms with van der Waals surface area (Å²) in [5.41, 5.74) is 6.80. The van der Waals surface area contributed by atoms with E-state index in [1.54, 1.807) is 0 Å². The summed E-state index contributed by atoms with van der Waals surface area (Å²) < 4.78 is 6.14. The van der Waals surface area contributed by atoms with E-state index in [1.165, 1.54) is 5.56 Å². The predicted octanol–water partition coefficient (Wildman–Crippen LogP) is 9.03. The smallest absolute Gasteiger partial charge is 0.127 e. The highest BCUT2D eigenvalue weighted by atomic mass is 16.5. The van der Waals surface area contributed by atoms with Gasteiger partial charge in [-0.2, -0.15) is 0 Å². The van der Waals surface area contributed by atoms with E-state index < -0.39 is 0 Å². The summed E-state index contributed by atoms with van der Waals surface area (Å²) in [5, 5.41) is 0. The van der Waals surface area contributed by atoms with Crippen molar-refractivity contribution in [1.29, 1.82) is 0 Å². The largest absolute Gasteiger partial charge is 0.457 e. The minimum absolute atomic E-state index is 0.801. The Balaban J connectivity index is 1.34. The van der Waals surface area contributed by atoms with E-state index in [0.717, 1.165) is 39.9 Å². The molecule has 0 heterocycles. The van der Waals surface area contributed by atoms with Crippen molar-refractivity contribution in [1.82, 2.24) is 0 Å². The molecule has 172 valence electrons. The van der Waals surface area contributed by atoms with Crippen molar-refractivity contribution in [2.24, 2.45) is 0 Å². The topological polar surface area (TPSA) is 15.7 Å². The first-order valence-electron chi connectivity index (χ1n) is 11.8. The van der Waals surface area contributed by atoms with Crippen LogP contribution in [-0.2, 0) is 0 Å². The summed E-state index contributed by atoms with van der Waals surface area (Å²) in [6.45, 7) is 2.11. The summed E-state index contributed by atoms with van der Waals surface area (Å²) >= 11 is 0. The second kappa shape index (κ2) is 10.2. The molecule has 0 N–H and O–H groups in total. The third-order valence-corrected chi connectivity index (χ3v) is 6.00. The first-order chi connectivity index (χ1) is 17.2. The van der Waals surface area contributed by atoms with Gasteiger partial charge in [-0.1, -0.05) is 54.1 Å². The first-order valence-corrected chi connectivity index (χ1v) is 11.8.